The Balaban J connectivity index is 2.58. The summed E-state index contributed by atoms with van der Waals surface area (Å²) in [5.74, 6) is 0.809. The zero-order valence-electron chi connectivity index (χ0n) is 12.3. The fourth-order valence-electron chi connectivity index (χ4n) is 1.75. The Morgan fingerprint density at radius 2 is 1.83 bits per heavy atom. The van der Waals surface area contributed by atoms with E-state index in [-0.39, 0.29) is 0 Å². The molecule has 0 saturated heterocycles. The number of anilines is 1. The van der Waals surface area contributed by atoms with Crippen LogP contribution in [0.15, 0.2) is 12.4 Å². The molecule has 0 saturated carbocycles. The van der Waals surface area contributed by atoms with Crippen molar-refractivity contribution in [3.63, 3.8) is 0 Å². The van der Waals surface area contributed by atoms with E-state index in [1.807, 2.05) is 12.4 Å². The van der Waals surface area contributed by atoms with Crippen molar-refractivity contribution in [2.75, 3.05) is 11.9 Å². The summed E-state index contributed by atoms with van der Waals surface area (Å²) in [6.45, 7) is 9.50. The molecule has 4 heteroatoms. The van der Waals surface area contributed by atoms with E-state index in [4.69, 9.17) is 0 Å². The fourth-order valence-corrected chi connectivity index (χ4v) is 1.75. The van der Waals surface area contributed by atoms with E-state index in [1.165, 1.54) is 6.42 Å². The summed E-state index contributed by atoms with van der Waals surface area (Å²) < 4.78 is 0. The van der Waals surface area contributed by atoms with Crippen LogP contribution in [0.25, 0.3) is 0 Å². The fraction of sp³-hybridized carbons (Fsp3) is 0.714. The molecule has 1 N–H and O–H groups in total. The van der Waals surface area contributed by atoms with Crippen LogP contribution in [0.5, 0.6) is 0 Å². The molecule has 1 heterocycles. The van der Waals surface area contributed by atoms with Crippen LogP contribution < -0.4 is 10.2 Å². The average molecular weight is 250 g/mol. The topological polar surface area (TPSA) is 41.1 Å². The Bertz CT molecular complexity index is 334. The van der Waals surface area contributed by atoms with Crippen molar-refractivity contribution in [1.29, 1.82) is 0 Å². The molecule has 1 rings (SSSR count). The van der Waals surface area contributed by atoms with Crippen molar-refractivity contribution in [2.24, 2.45) is 0 Å². The second-order valence-corrected chi connectivity index (χ2v) is 5.18. The number of hydrogen-bond donors (Lipinski definition) is 1. The maximum atomic E-state index is 4.43. The number of rotatable bonds is 7. The Morgan fingerprint density at radius 3 is 2.33 bits per heavy atom. The molecule has 0 amide bonds. The van der Waals surface area contributed by atoms with Crippen LogP contribution in [0.2, 0.25) is 0 Å². The maximum Gasteiger partial charge on any atom is 0.225 e. The lowest BCUT2D eigenvalue weighted by Gasteiger charge is -2.24. The molecule has 0 spiro atoms. The Morgan fingerprint density at radius 1 is 1.22 bits per heavy atom. The molecule has 0 aromatic carbocycles. The zero-order chi connectivity index (χ0) is 13.5. The second-order valence-electron chi connectivity index (χ2n) is 5.18. The van der Waals surface area contributed by atoms with Crippen LogP contribution in [-0.4, -0.2) is 29.1 Å². The summed E-state index contributed by atoms with van der Waals surface area (Å²) in [5.41, 5.74) is 1.13. The van der Waals surface area contributed by atoms with E-state index in [2.05, 4.69) is 54.9 Å². The molecular formula is C14H26N4. The molecule has 1 atom stereocenters. The minimum atomic E-state index is 0.481. The quantitative estimate of drug-likeness (QED) is 0.807. The predicted molar refractivity (Wildman–Crippen MR) is 76.8 cm³/mol. The standard InChI is InChI=1S/C14H26N4/c1-6-7-12(4)18(5)14-16-9-13(10-17-14)8-15-11(2)3/h9-12,15H,6-8H2,1-5H3. The van der Waals surface area contributed by atoms with Crippen LogP contribution in [0.4, 0.5) is 5.95 Å². The number of nitrogens with zero attached hydrogens (tertiary/aromatic N) is 3. The van der Waals surface area contributed by atoms with Crippen molar-refractivity contribution in [3.05, 3.63) is 18.0 Å². The molecule has 0 aliphatic rings. The molecule has 1 aromatic heterocycles. The summed E-state index contributed by atoms with van der Waals surface area (Å²) in [5, 5.41) is 3.36. The van der Waals surface area contributed by atoms with Gasteiger partial charge in [0.25, 0.3) is 0 Å². The van der Waals surface area contributed by atoms with Gasteiger partial charge in [0.05, 0.1) is 0 Å². The monoisotopic (exact) mass is 250 g/mol. The second kappa shape index (κ2) is 7.31. The van der Waals surface area contributed by atoms with Gasteiger partial charge in [-0.1, -0.05) is 27.2 Å². The van der Waals surface area contributed by atoms with Crippen LogP contribution in [0.3, 0.4) is 0 Å². The normalized spacial score (nSPS) is 12.8. The third-order valence-electron chi connectivity index (χ3n) is 3.09. The first kappa shape index (κ1) is 14.9. The van der Waals surface area contributed by atoms with Gasteiger partial charge < -0.3 is 10.2 Å². The molecule has 4 nitrogen and oxygen atoms in total. The SMILES string of the molecule is CCCC(C)N(C)c1ncc(CNC(C)C)cn1. The molecule has 0 fully saturated rings. The van der Waals surface area contributed by atoms with Gasteiger partial charge in [0, 0.05) is 43.6 Å². The van der Waals surface area contributed by atoms with E-state index in [0.29, 0.717) is 12.1 Å². The molecule has 0 radical (unpaired) electrons. The molecule has 102 valence electrons. The third-order valence-corrected chi connectivity index (χ3v) is 3.09. The van der Waals surface area contributed by atoms with Gasteiger partial charge in [-0.25, -0.2) is 9.97 Å². The van der Waals surface area contributed by atoms with Crippen LogP contribution in [-0.2, 0) is 6.54 Å². The lowest BCUT2D eigenvalue weighted by atomic mass is 10.2. The minimum absolute atomic E-state index is 0.481. The molecular weight excluding hydrogens is 224 g/mol. The smallest absolute Gasteiger partial charge is 0.225 e. The van der Waals surface area contributed by atoms with Crippen molar-refractivity contribution in [3.8, 4) is 0 Å². The van der Waals surface area contributed by atoms with Crippen molar-refractivity contribution in [2.45, 2.75) is 59.2 Å². The van der Waals surface area contributed by atoms with Gasteiger partial charge in [-0.15, -0.1) is 0 Å². The van der Waals surface area contributed by atoms with Gasteiger partial charge >= 0.3 is 0 Å². The highest BCUT2D eigenvalue weighted by Crippen LogP contribution is 2.12. The van der Waals surface area contributed by atoms with Crippen molar-refractivity contribution < 1.29 is 0 Å². The molecule has 0 aliphatic heterocycles. The zero-order valence-corrected chi connectivity index (χ0v) is 12.3. The lowest BCUT2D eigenvalue weighted by Crippen LogP contribution is -2.30. The van der Waals surface area contributed by atoms with E-state index < -0.39 is 0 Å². The van der Waals surface area contributed by atoms with E-state index in [1.54, 1.807) is 0 Å². The minimum Gasteiger partial charge on any atom is -0.341 e. The largest absolute Gasteiger partial charge is 0.341 e. The van der Waals surface area contributed by atoms with Gasteiger partial charge in [0.2, 0.25) is 5.95 Å². The summed E-state index contributed by atoms with van der Waals surface area (Å²) >= 11 is 0. The lowest BCUT2D eigenvalue weighted by molar-refractivity contribution is 0.584. The molecule has 0 aliphatic carbocycles. The Labute approximate surface area is 111 Å². The van der Waals surface area contributed by atoms with Gasteiger partial charge in [0.15, 0.2) is 0 Å². The van der Waals surface area contributed by atoms with Crippen molar-refractivity contribution in [1.82, 2.24) is 15.3 Å². The van der Waals surface area contributed by atoms with Gasteiger partial charge in [-0.2, -0.15) is 0 Å². The first-order chi connectivity index (χ1) is 8.54. The number of aromatic nitrogens is 2. The van der Waals surface area contributed by atoms with E-state index >= 15 is 0 Å². The highest BCUT2D eigenvalue weighted by atomic mass is 15.2. The van der Waals surface area contributed by atoms with Crippen LogP contribution in [0, 0.1) is 0 Å². The Hall–Kier alpha value is -1.16. The van der Waals surface area contributed by atoms with Crippen molar-refractivity contribution >= 4 is 5.95 Å². The number of hydrogen-bond acceptors (Lipinski definition) is 4. The third kappa shape index (κ3) is 4.61. The molecule has 1 aromatic rings. The molecule has 1 unspecified atom stereocenters. The van der Waals surface area contributed by atoms with Gasteiger partial charge in [-0.3, -0.25) is 0 Å². The highest BCUT2D eigenvalue weighted by Gasteiger charge is 2.11. The predicted octanol–water partition coefficient (Wildman–Crippen LogP) is 2.60. The van der Waals surface area contributed by atoms with Crippen LogP contribution in [0.1, 0.15) is 46.1 Å². The van der Waals surface area contributed by atoms with Gasteiger partial charge in [-0.05, 0) is 13.3 Å². The van der Waals surface area contributed by atoms with Gasteiger partial charge in [0.1, 0.15) is 0 Å². The van der Waals surface area contributed by atoms with E-state index in [0.717, 1.165) is 24.5 Å². The van der Waals surface area contributed by atoms with Crippen LogP contribution >= 0.6 is 0 Å². The maximum absolute atomic E-state index is 4.43. The first-order valence-electron chi connectivity index (χ1n) is 6.81. The average Bonchev–Trinajstić information content (AvgIpc) is 2.36. The summed E-state index contributed by atoms with van der Waals surface area (Å²) in [6.07, 6.45) is 6.16. The molecule has 18 heavy (non-hydrogen) atoms. The molecule has 0 bridgehead atoms. The van der Waals surface area contributed by atoms with E-state index in [9.17, 15) is 0 Å². The summed E-state index contributed by atoms with van der Waals surface area (Å²) in [4.78, 5) is 11.0. The Kier molecular flexibility index (Phi) is 6.05. The number of nitrogens with one attached hydrogen (secondary N) is 1. The summed E-state index contributed by atoms with van der Waals surface area (Å²) in [7, 11) is 2.06. The summed E-state index contributed by atoms with van der Waals surface area (Å²) in [6, 6.07) is 0.964. The first-order valence-corrected chi connectivity index (χ1v) is 6.81. The highest BCUT2D eigenvalue weighted by molar-refractivity contribution is 5.29.